The van der Waals surface area contributed by atoms with Crippen LogP contribution in [0.3, 0.4) is 0 Å². The molecule has 0 radical (unpaired) electrons. The third-order valence-electron chi connectivity index (χ3n) is 1.98. The van der Waals surface area contributed by atoms with Crippen LogP contribution >= 0.6 is 0 Å². The molecule has 10 heavy (non-hydrogen) atoms. The molecule has 2 heteroatoms. The van der Waals surface area contributed by atoms with E-state index in [4.69, 9.17) is 0 Å². The molecule has 1 fully saturated rings. The van der Waals surface area contributed by atoms with Crippen molar-refractivity contribution in [3.63, 3.8) is 0 Å². The van der Waals surface area contributed by atoms with Crippen molar-refractivity contribution in [1.29, 1.82) is 0 Å². The molecule has 0 aliphatic carbocycles. The smallest absolute Gasteiger partial charge is 0.0660 e. The molecule has 0 saturated carbocycles. The van der Waals surface area contributed by atoms with E-state index >= 15 is 0 Å². The van der Waals surface area contributed by atoms with Gasteiger partial charge in [-0.25, -0.2) is 0 Å². The Bertz CT molecular complexity index is 104. The Morgan fingerprint density at radius 1 is 1.50 bits per heavy atom. The molecule has 0 spiro atoms. The molecule has 0 aromatic heterocycles. The van der Waals surface area contributed by atoms with E-state index in [1.165, 1.54) is 12.8 Å². The van der Waals surface area contributed by atoms with E-state index in [-0.39, 0.29) is 5.66 Å². The van der Waals surface area contributed by atoms with Crippen LogP contribution in [0, 0.1) is 0 Å². The predicted octanol–water partition coefficient (Wildman–Crippen LogP) is 1.08. The van der Waals surface area contributed by atoms with Crippen molar-refractivity contribution in [2.24, 2.45) is 0 Å². The van der Waals surface area contributed by atoms with Gasteiger partial charge < -0.3 is 0 Å². The first kappa shape index (κ1) is 8.02. The summed E-state index contributed by atoms with van der Waals surface area (Å²) >= 11 is 0. The lowest BCUT2D eigenvalue weighted by Gasteiger charge is -2.28. The van der Waals surface area contributed by atoms with Crippen molar-refractivity contribution >= 4 is 0 Å². The highest BCUT2D eigenvalue weighted by atomic mass is 15.2. The highest BCUT2D eigenvalue weighted by molar-refractivity contribution is 4.86. The van der Waals surface area contributed by atoms with Gasteiger partial charge in [0.1, 0.15) is 0 Å². The Balaban J connectivity index is 2.36. The highest BCUT2D eigenvalue weighted by Gasteiger charge is 2.27. The molecule has 2 nitrogen and oxygen atoms in total. The Kier molecular flexibility index (Phi) is 2.32. The van der Waals surface area contributed by atoms with Crippen LogP contribution in [0.4, 0.5) is 0 Å². The van der Waals surface area contributed by atoms with E-state index in [0.29, 0.717) is 6.04 Å². The van der Waals surface area contributed by atoms with Crippen LogP contribution in [0.25, 0.3) is 0 Å². The third kappa shape index (κ3) is 1.96. The molecule has 0 aromatic rings. The molecule has 1 aliphatic rings. The quantitative estimate of drug-likeness (QED) is 0.603. The summed E-state index contributed by atoms with van der Waals surface area (Å²) < 4.78 is 0. The molecule has 60 valence electrons. The maximum atomic E-state index is 3.51. The molecular formula is C8H18N2. The lowest BCUT2D eigenvalue weighted by atomic mass is 10.1. The summed E-state index contributed by atoms with van der Waals surface area (Å²) in [6.07, 6.45) is 2.56. The first-order valence-electron chi connectivity index (χ1n) is 4.15. The van der Waals surface area contributed by atoms with Gasteiger partial charge in [0, 0.05) is 6.04 Å². The second-order valence-electron chi connectivity index (χ2n) is 3.66. The molecule has 1 unspecified atom stereocenters. The maximum Gasteiger partial charge on any atom is 0.0660 e. The number of hydrogen-bond acceptors (Lipinski definition) is 2. The van der Waals surface area contributed by atoms with Crippen molar-refractivity contribution in [3.8, 4) is 0 Å². The van der Waals surface area contributed by atoms with Gasteiger partial charge in [-0.3, -0.25) is 10.6 Å². The zero-order valence-corrected chi connectivity index (χ0v) is 7.20. The standard InChI is InChI=1S/C8H18N2/c1-7(2)10-8(3)5-4-6-9-8/h7,9-10H,4-6H2,1-3H3. The Morgan fingerprint density at radius 2 is 2.20 bits per heavy atom. The van der Waals surface area contributed by atoms with Gasteiger partial charge >= 0.3 is 0 Å². The Labute approximate surface area is 63.4 Å². The van der Waals surface area contributed by atoms with Crippen molar-refractivity contribution in [3.05, 3.63) is 0 Å². The van der Waals surface area contributed by atoms with Gasteiger partial charge in [-0.1, -0.05) is 0 Å². The number of hydrogen-bond donors (Lipinski definition) is 2. The first-order chi connectivity index (χ1) is 4.62. The summed E-state index contributed by atoms with van der Waals surface area (Å²) in [7, 11) is 0. The van der Waals surface area contributed by atoms with Crippen molar-refractivity contribution in [1.82, 2.24) is 10.6 Å². The van der Waals surface area contributed by atoms with Crippen molar-refractivity contribution in [2.75, 3.05) is 6.54 Å². The average Bonchev–Trinajstić information content (AvgIpc) is 2.12. The Hall–Kier alpha value is -0.0800. The molecule has 1 aliphatic heterocycles. The minimum absolute atomic E-state index is 0.216. The molecule has 1 saturated heterocycles. The van der Waals surface area contributed by atoms with E-state index in [2.05, 4.69) is 31.4 Å². The lowest BCUT2D eigenvalue weighted by molar-refractivity contribution is 0.299. The van der Waals surface area contributed by atoms with E-state index < -0.39 is 0 Å². The van der Waals surface area contributed by atoms with E-state index in [1.54, 1.807) is 0 Å². The maximum absolute atomic E-state index is 3.51. The molecule has 1 heterocycles. The van der Waals surface area contributed by atoms with Gasteiger partial charge in [0.15, 0.2) is 0 Å². The fraction of sp³-hybridized carbons (Fsp3) is 1.00. The monoisotopic (exact) mass is 142 g/mol. The fourth-order valence-corrected chi connectivity index (χ4v) is 1.65. The Morgan fingerprint density at radius 3 is 2.60 bits per heavy atom. The highest BCUT2D eigenvalue weighted by Crippen LogP contribution is 2.15. The SMILES string of the molecule is CC(C)NC1(C)CCCN1. The number of nitrogens with one attached hydrogen (secondary N) is 2. The molecular weight excluding hydrogens is 124 g/mol. The summed E-state index contributed by atoms with van der Waals surface area (Å²) in [5.41, 5.74) is 0.216. The molecule has 0 amide bonds. The summed E-state index contributed by atoms with van der Waals surface area (Å²) in [5.74, 6) is 0. The van der Waals surface area contributed by atoms with Crippen LogP contribution in [-0.4, -0.2) is 18.2 Å². The van der Waals surface area contributed by atoms with E-state index in [0.717, 1.165) is 6.54 Å². The second-order valence-corrected chi connectivity index (χ2v) is 3.66. The van der Waals surface area contributed by atoms with Crippen LogP contribution in [0.5, 0.6) is 0 Å². The topological polar surface area (TPSA) is 24.1 Å². The van der Waals surface area contributed by atoms with Gasteiger partial charge in [-0.15, -0.1) is 0 Å². The lowest BCUT2D eigenvalue weighted by Crippen LogP contribution is -2.52. The predicted molar refractivity (Wildman–Crippen MR) is 43.9 cm³/mol. The van der Waals surface area contributed by atoms with Crippen molar-refractivity contribution in [2.45, 2.75) is 45.3 Å². The van der Waals surface area contributed by atoms with Crippen LogP contribution in [0.15, 0.2) is 0 Å². The minimum Gasteiger partial charge on any atom is -0.300 e. The summed E-state index contributed by atoms with van der Waals surface area (Å²) in [5, 5.41) is 6.96. The van der Waals surface area contributed by atoms with Gasteiger partial charge in [0.05, 0.1) is 5.66 Å². The van der Waals surface area contributed by atoms with Crippen molar-refractivity contribution < 1.29 is 0 Å². The summed E-state index contributed by atoms with van der Waals surface area (Å²) in [6.45, 7) is 7.77. The van der Waals surface area contributed by atoms with Gasteiger partial charge in [0.25, 0.3) is 0 Å². The van der Waals surface area contributed by atoms with Crippen LogP contribution in [-0.2, 0) is 0 Å². The van der Waals surface area contributed by atoms with Crippen LogP contribution < -0.4 is 10.6 Å². The average molecular weight is 142 g/mol. The molecule has 2 N–H and O–H groups in total. The second kappa shape index (κ2) is 2.89. The van der Waals surface area contributed by atoms with E-state index in [9.17, 15) is 0 Å². The molecule has 0 aromatic carbocycles. The minimum atomic E-state index is 0.216. The zero-order valence-electron chi connectivity index (χ0n) is 7.20. The number of rotatable bonds is 2. The molecule has 0 bridgehead atoms. The van der Waals surface area contributed by atoms with Crippen LogP contribution in [0.1, 0.15) is 33.6 Å². The normalized spacial score (nSPS) is 33.6. The van der Waals surface area contributed by atoms with Crippen LogP contribution in [0.2, 0.25) is 0 Å². The first-order valence-corrected chi connectivity index (χ1v) is 4.15. The molecule has 1 atom stereocenters. The fourth-order valence-electron chi connectivity index (χ4n) is 1.65. The van der Waals surface area contributed by atoms with Gasteiger partial charge in [0.2, 0.25) is 0 Å². The van der Waals surface area contributed by atoms with E-state index in [1.807, 2.05) is 0 Å². The van der Waals surface area contributed by atoms with Gasteiger partial charge in [-0.05, 0) is 40.2 Å². The summed E-state index contributed by atoms with van der Waals surface area (Å²) in [4.78, 5) is 0. The summed E-state index contributed by atoms with van der Waals surface area (Å²) in [6, 6.07) is 0.579. The zero-order chi connectivity index (χ0) is 7.61. The largest absolute Gasteiger partial charge is 0.300 e. The third-order valence-corrected chi connectivity index (χ3v) is 1.98. The van der Waals surface area contributed by atoms with Gasteiger partial charge in [-0.2, -0.15) is 0 Å². The molecule has 1 rings (SSSR count).